The first-order valence-corrected chi connectivity index (χ1v) is 10.2. The van der Waals surface area contributed by atoms with Gasteiger partial charge in [0, 0.05) is 64.1 Å². The van der Waals surface area contributed by atoms with Crippen LogP contribution in [0.1, 0.15) is 23.7 Å². The highest BCUT2D eigenvalue weighted by atomic mass is 16.2. The first-order valence-electron chi connectivity index (χ1n) is 10.2. The van der Waals surface area contributed by atoms with Crippen molar-refractivity contribution in [1.29, 1.82) is 0 Å². The van der Waals surface area contributed by atoms with Crippen molar-refractivity contribution in [2.24, 2.45) is 0 Å². The van der Waals surface area contributed by atoms with Crippen LogP contribution in [0.15, 0.2) is 48.7 Å². The summed E-state index contributed by atoms with van der Waals surface area (Å²) in [7, 11) is 0. The van der Waals surface area contributed by atoms with E-state index in [0.717, 1.165) is 56.9 Å². The Hall–Kier alpha value is -2.44. The minimum Gasteiger partial charge on any atom is -0.338 e. The molecule has 0 spiro atoms. The van der Waals surface area contributed by atoms with Crippen LogP contribution in [0.4, 0.5) is 4.79 Å². The van der Waals surface area contributed by atoms with Crippen LogP contribution in [-0.4, -0.2) is 60.1 Å². The molecule has 0 aliphatic carbocycles. The van der Waals surface area contributed by atoms with Gasteiger partial charge in [-0.25, -0.2) is 4.79 Å². The molecule has 2 heterocycles. The Morgan fingerprint density at radius 1 is 0.964 bits per heavy atom. The quantitative estimate of drug-likeness (QED) is 0.736. The lowest BCUT2D eigenvalue weighted by atomic mass is 10.1. The van der Waals surface area contributed by atoms with Crippen molar-refractivity contribution in [1.82, 2.24) is 25.4 Å². The summed E-state index contributed by atoms with van der Waals surface area (Å²) in [5, 5.41) is 5.79. The van der Waals surface area contributed by atoms with Crippen molar-refractivity contribution < 1.29 is 4.79 Å². The van der Waals surface area contributed by atoms with Gasteiger partial charge in [0.25, 0.3) is 0 Å². The maximum Gasteiger partial charge on any atom is 0.315 e. The second kappa shape index (κ2) is 10.8. The van der Waals surface area contributed by atoms with E-state index in [9.17, 15) is 4.79 Å². The molecule has 1 fully saturated rings. The van der Waals surface area contributed by atoms with Crippen molar-refractivity contribution in [2.45, 2.75) is 26.4 Å². The van der Waals surface area contributed by atoms with Crippen LogP contribution >= 0.6 is 0 Å². The number of amides is 2. The zero-order valence-corrected chi connectivity index (χ0v) is 16.7. The minimum atomic E-state index is -0.145. The molecule has 1 aliphatic heterocycles. The molecule has 0 radical (unpaired) electrons. The molecule has 2 N–H and O–H groups in total. The van der Waals surface area contributed by atoms with Crippen molar-refractivity contribution in [3.63, 3.8) is 0 Å². The molecule has 150 valence electrons. The number of nitrogens with one attached hydrogen (secondary N) is 2. The van der Waals surface area contributed by atoms with Crippen LogP contribution in [0, 0.1) is 0 Å². The van der Waals surface area contributed by atoms with Gasteiger partial charge in [-0.3, -0.25) is 9.88 Å². The zero-order valence-electron chi connectivity index (χ0n) is 16.7. The lowest BCUT2D eigenvalue weighted by molar-refractivity contribution is 0.132. The fraction of sp³-hybridized carbons (Fsp3) is 0.455. The first-order chi connectivity index (χ1) is 13.7. The number of rotatable bonds is 8. The second-order valence-electron chi connectivity index (χ2n) is 7.21. The van der Waals surface area contributed by atoms with Gasteiger partial charge >= 0.3 is 6.03 Å². The number of carbonyl (C=O) groups excluding carboxylic acids is 1. The molecule has 2 amide bonds. The van der Waals surface area contributed by atoms with Gasteiger partial charge in [0.1, 0.15) is 0 Å². The van der Waals surface area contributed by atoms with Crippen LogP contribution in [0.2, 0.25) is 0 Å². The molecule has 1 aromatic heterocycles. The van der Waals surface area contributed by atoms with Gasteiger partial charge in [-0.1, -0.05) is 37.3 Å². The summed E-state index contributed by atoms with van der Waals surface area (Å²) in [5.41, 5.74) is 3.42. The highest BCUT2D eigenvalue weighted by molar-refractivity contribution is 5.73. The number of piperazine rings is 1. The second-order valence-corrected chi connectivity index (χ2v) is 7.21. The molecule has 1 aromatic carbocycles. The number of hydrogen-bond acceptors (Lipinski definition) is 4. The van der Waals surface area contributed by atoms with E-state index in [2.05, 4.69) is 56.6 Å². The first kappa shape index (κ1) is 20.3. The van der Waals surface area contributed by atoms with Gasteiger partial charge in [0.05, 0.1) is 0 Å². The fourth-order valence-corrected chi connectivity index (χ4v) is 3.38. The van der Waals surface area contributed by atoms with Gasteiger partial charge < -0.3 is 15.5 Å². The summed E-state index contributed by atoms with van der Waals surface area (Å²) >= 11 is 0. The van der Waals surface area contributed by atoms with Gasteiger partial charge in [0.15, 0.2) is 0 Å². The normalized spacial score (nSPS) is 15.3. The van der Waals surface area contributed by atoms with Crippen molar-refractivity contribution in [2.75, 3.05) is 39.3 Å². The Labute approximate surface area is 167 Å². The zero-order chi connectivity index (χ0) is 19.6. The fourth-order valence-electron chi connectivity index (χ4n) is 3.38. The van der Waals surface area contributed by atoms with E-state index in [1.165, 1.54) is 5.56 Å². The molecular formula is C22H31N5O. The molecule has 3 rings (SSSR count). The summed E-state index contributed by atoms with van der Waals surface area (Å²) in [6.45, 7) is 10.1. The van der Waals surface area contributed by atoms with Gasteiger partial charge in [-0.15, -0.1) is 0 Å². The molecule has 0 bridgehead atoms. The predicted molar refractivity (Wildman–Crippen MR) is 112 cm³/mol. The molecule has 1 aliphatic rings. The van der Waals surface area contributed by atoms with Gasteiger partial charge in [-0.2, -0.15) is 0 Å². The van der Waals surface area contributed by atoms with Gasteiger partial charge in [-0.05, 0) is 29.8 Å². The standard InChI is InChI=1S/C22H31N5O/c1-2-26-13-15-27(16-14-26)18-20-8-6-19(7-9-20)17-25-22(28)24-12-10-21-5-3-4-11-23-21/h3-9,11H,2,10,12-18H2,1H3,(H2,24,25,28). The molecule has 6 heteroatoms. The van der Waals surface area contributed by atoms with Crippen molar-refractivity contribution >= 4 is 6.03 Å². The highest BCUT2D eigenvalue weighted by Gasteiger charge is 2.15. The van der Waals surface area contributed by atoms with E-state index in [0.29, 0.717) is 13.1 Å². The van der Waals surface area contributed by atoms with E-state index < -0.39 is 0 Å². The van der Waals surface area contributed by atoms with E-state index >= 15 is 0 Å². The number of hydrogen-bond donors (Lipinski definition) is 2. The summed E-state index contributed by atoms with van der Waals surface area (Å²) in [6, 6.07) is 14.2. The lowest BCUT2D eigenvalue weighted by Gasteiger charge is -2.34. The SMILES string of the molecule is CCN1CCN(Cc2ccc(CNC(=O)NCCc3ccccn3)cc2)CC1. The molecule has 0 unspecified atom stereocenters. The van der Waals surface area contributed by atoms with E-state index in [4.69, 9.17) is 0 Å². The molecule has 0 atom stereocenters. The Kier molecular flexibility index (Phi) is 7.82. The van der Waals surface area contributed by atoms with E-state index in [1.54, 1.807) is 6.20 Å². The summed E-state index contributed by atoms with van der Waals surface area (Å²) in [4.78, 5) is 21.2. The Balaban J connectivity index is 1.34. The number of urea groups is 1. The van der Waals surface area contributed by atoms with Crippen LogP contribution in [-0.2, 0) is 19.5 Å². The number of pyridine rings is 1. The summed E-state index contributed by atoms with van der Waals surface area (Å²) < 4.78 is 0. The van der Waals surface area contributed by atoms with Gasteiger partial charge in [0.2, 0.25) is 0 Å². The largest absolute Gasteiger partial charge is 0.338 e. The summed E-state index contributed by atoms with van der Waals surface area (Å²) in [6.07, 6.45) is 2.50. The maximum atomic E-state index is 11.9. The van der Waals surface area contributed by atoms with E-state index in [-0.39, 0.29) is 6.03 Å². The molecule has 6 nitrogen and oxygen atoms in total. The molecular weight excluding hydrogens is 350 g/mol. The van der Waals surface area contributed by atoms with Crippen molar-refractivity contribution in [3.05, 3.63) is 65.5 Å². The predicted octanol–water partition coefficient (Wildman–Crippen LogP) is 2.26. The average molecular weight is 382 g/mol. The topological polar surface area (TPSA) is 60.5 Å². The lowest BCUT2D eigenvalue weighted by Crippen LogP contribution is -2.45. The average Bonchev–Trinajstić information content (AvgIpc) is 2.74. The third-order valence-electron chi connectivity index (χ3n) is 5.19. The maximum absolute atomic E-state index is 11.9. The number of likely N-dealkylation sites (N-methyl/N-ethyl adjacent to an activating group) is 1. The van der Waals surface area contributed by atoms with E-state index in [1.807, 2.05) is 18.2 Å². The Morgan fingerprint density at radius 3 is 2.36 bits per heavy atom. The third-order valence-corrected chi connectivity index (χ3v) is 5.19. The molecule has 2 aromatic rings. The third kappa shape index (κ3) is 6.62. The Morgan fingerprint density at radius 2 is 1.68 bits per heavy atom. The minimum absolute atomic E-state index is 0.145. The van der Waals surface area contributed by atoms with Crippen LogP contribution in [0.25, 0.3) is 0 Å². The van der Waals surface area contributed by atoms with Crippen molar-refractivity contribution in [3.8, 4) is 0 Å². The summed E-state index contributed by atoms with van der Waals surface area (Å²) in [5.74, 6) is 0. The molecule has 28 heavy (non-hydrogen) atoms. The smallest absolute Gasteiger partial charge is 0.315 e. The monoisotopic (exact) mass is 381 g/mol. The number of carbonyl (C=O) groups is 1. The van der Waals surface area contributed by atoms with Crippen LogP contribution in [0.5, 0.6) is 0 Å². The highest BCUT2D eigenvalue weighted by Crippen LogP contribution is 2.10. The Bertz CT molecular complexity index is 711. The number of aromatic nitrogens is 1. The number of nitrogens with zero attached hydrogens (tertiary/aromatic N) is 3. The molecule has 1 saturated heterocycles. The number of benzene rings is 1. The van der Waals surface area contributed by atoms with Crippen LogP contribution < -0.4 is 10.6 Å². The molecule has 0 saturated carbocycles. The van der Waals surface area contributed by atoms with Crippen LogP contribution in [0.3, 0.4) is 0 Å².